The second-order valence-corrected chi connectivity index (χ2v) is 6.02. The number of hydrogen-bond acceptors (Lipinski definition) is 9. The molecule has 0 aliphatic carbocycles. The number of imide groups is 1. The molecule has 0 atom stereocenters. The van der Waals surface area contributed by atoms with Crippen LogP contribution in [-0.2, 0) is 16.1 Å². The van der Waals surface area contributed by atoms with E-state index in [4.69, 9.17) is 10.5 Å². The van der Waals surface area contributed by atoms with Crippen molar-refractivity contribution in [2.24, 2.45) is 0 Å². The molecule has 2 heterocycles. The number of amides is 2. The Labute approximate surface area is 155 Å². The molecule has 0 radical (unpaired) electrons. The van der Waals surface area contributed by atoms with Gasteiger partial charge < -0.3 is 15.4 Å². The van der Waals surface area contributed by atoms with E-state index in [1.165, 1.54) is 0 Å². The molecule has 0 fully saturated rings. The molecule has 3 rings (SSSR count). The normalized spacial score (nSPS) is 12.9. The largest absolute Gasteiger partial charge is 0.457 e. The van der Waals surface area contributed by atoms with Crippen molar-refractivity contribution in [3.05, 3.63) is 41.2 Å². The maximum atomic E-state index is 12.2. The average Bonchev–Trinajstić information content (AvgIpc) is 2.89. The highest BCUT2D eigenvalue weighted by Crippen LogP contribution is 2.22. The van der Waals surface area contributed by atoms with Crippen LogP contribution in [-0.4, -0.2) is 58.3 Å². The Hall–Kier alpha value is -3.56. The van der Waals surface area contributed by atoms with Crippen LogP contribution in [0, 0.1) is 0 Å². The smallest absolute Gasteiger partial charge is 0.308 e. The molecule has 10 heteroatoms. The van der Waals surface area contributed by atoms with Gasteiger partial charge in [0, 0.05) is 20.6 Å². The number of fused-ring (bicyclic) bond motifs is 1. The van der Waals surface area contributed by atoms with E-state index in [0.717, 1.165) is 4.90 Å². The number of ether oxygens (including phenoxy) is 1. The molecule has 0 saturated carbocycles. The Balaban J connectivity index is 1.55. The van der Waals surface area contributed by atoms with E-state index < -0.39 is 17.8 Å². The molecule has 2 N–H and O–H groups in total. The number of aromatic nitrogens is 3. The molecule has 1 aliphatic heterocycles. The van der Waals surface area contributed by atoms with E-state index >= 15 is 0 Å². The van der Waals surface area contributed by atoms with Crippen LogP contribution in [0.4, 0.5) is 11.9 Å². The summed E-state index contributed by atoms with van der Waals surface area (Å²) in [6.45, 7) is -0.248. The van der Waals surface area contributed by atoms with Gasteiger partial charge in [-0.05, 0) is 12.1 Å². The number of anilines is 2. The standard InChI is InChI=1S/C17H18N6O4/c1-22(2)17-20-12(19-16(18)21-17)9-27-13(24)7-8-23-14(25)10-5-3-4-6-11(10)15(23)26/h3-6H,7-9H2,1-2H3,(H2,18,19,20,21). The molecular formula is C17H18N6O4. The molecule has 0 bridgehead atoms. The number of nitrogens with two attached hydrogens (primary N) is 1. The van der Waals surface area contributed by atoms with Crippen molar-refractivity contribution in [2.75, 3.05) is 31.3 Å². The first-order chi connectivity index (χ1) is 12.9. The lowest BCUT2D eigenvalue weighted by atomic mass is 10.1. The first-order valence-corrected chi connectivity index (χ1v) is 8.15. The molecule has 140 valence electrons. The number of carbonyl (C=O) groups is 3. The summed E-state index contributed by atoms with van der Waals surface area (Å²) in [7, 11) is 3.49. The molecular weight excluding hydrogens is 352 g/mol. The molecule has 1 aromatic carbocycles. The summed E-state index contributed by atoms with van der Waals surface area (Å²) < 4.78 is 5.11. The Morgan fingerprint density at radius 2 is 1.74 bits per heavy atom. The summed E-state index contributed by atoms with van der Waals surface area (Å²) in [6, 6.07) is 6.54. The highest BCUT2D eigenvalue weighted by atomic mass is 16.5. The minimum Gasteiger partial charge on any atom is -0.457 e. The minimum atomic E-state index is -0.586. The Kier molecular flexibility index (Phi) is 4.97. The molecule has 0 spiro atoms. The van der Waals surface area contributed by atoms with Crippen molar-refractivity contribution >= 4 is 29.7 Å². The van der Waals surface area contributed by atoms with Gasteiger partial charge in [-0.1, -0.05) is 12.1 Å². The molecule has 0 unspecified atom stereocenters. The first kappa shape index (κ1) is 18.2. The van der Waals surface area contributed by atoms with Crippen molar-refractivity contribution in [3.8, 4) is 0 Å². The van der Waals surface area contributed by atoms with Crippen molar-refractivity contribution in [2.45, 2.75) is 13.0 Å². The summed E-state index contributed by atoms with van der Waals surface area (Å²) in [5.74, 6) is -0.837. The zero-order chi connectivity index (χ0) is 19.6. The number of nitrogen functional groups attached to an aromatic ring is 1. The first-order valence-electron chi connectivity index (χ1n) is 8.15. The van der Waals surface area contributed by atoms with E-state index in [-0.39, 0.29) is 31.3 Å². The van der Waals surface area contributed by atoms with Gasteiger partial charge in [-0.25, -0.2) is 0 Å². The van der Waals surface area contributed by atoms with E-state index in [0.29, 0.717) is 17.1 Å². The average molecular weight is 370 g/mol. The summed E-state index contributed by atoms with van der Waals surface area (Å²) >= 11 is 0. The van der Waals surface area contributed by atoms with Crippen molar-refractivity contribution < 1.29 is 19.1 Å². The summed E-state index contributed by atoms with van der Waals surface area (Å²) in [6.07, 6.45) is -0.132. The number of carbonyl (C=O) groups excluding carboxylic acids is 3. The molecule has 1 aliphatic rings. The van der Waals surface area contributed by atoms with Gasteiger partial charge in [0.25, 0.3) is 11.8 Å². The summed E-state index contributed by atoms with van der Waals surface area (Å²) in [5, 5.41) is 0. The molecule has 27 heavy (non-hydrogen) atoms. The van der Waals surface area contributed by atoms with Crippen molar-refractivity contribution in [1.82, 2.24) is 19.9 Å². The van der Waals surface area contributed by atoms with Gasteiger partial charge in [0.2, 0.25) is 11.9 Å². The maximum Gasteiger partial charge on any atom is 0.308 e. The monoisotopic (exact) mass is 370 g/mol. The molecule has 0 saturated heterocycles. The van der Waals surface area contributed by atoms with E-state index in [1.807, 2.05) is 0 Å². The van der Waals surface area contributed by atoms with Gasteiger partial charge in [0.1, 0.15) is 0 Å². The lowest BCUT2D eigenvalue weighted by Crippen LogP contribution is -2.32. The number of hydrogen-bond donors (Lipinski definition) is 1. The van der Waals surface area contributed by atoms with Gasteiger partial charge in [-0.2, -0.15) is 15.0 Å². The van der Waals surface area contributed by atoms with Crippen LogP contribution in [0.5, 0.6) is 0 Å². The van der Waals surface area contributed by atoms with Gasteiger partial charge in [-0.3, -0.25) is 19.3 Å². The quantitative estimate of drug-likeness (QED) is 0.561. The zero-order valence-corrected chi connectivity index (χ0v) is 14.9. The van der Waals surface area contributed by atoms with Gasteiger partial charge in [0.15, 0.2) is 12.4 Å². The lowest BCUT2D eigenvalue weighted by Gasteiger charge is -2.13. The fraction of sp³-hybridized carbons (Fsp3) is 0.294. The number of nitrogens with zero attached hydrogens (tertiary/aromatic N) is 5. The van der Waals surface area contributed by atoms with Crippen molar-refractivity contribution in [1.29, 1.82) is 0 Å². The van der Waals surface area contributed by atoms with Gasteiger partial charge in [-0.15, -0.1) is 0 Å². The Bertz CT molecular complexity index is 879. The van der Waals surface area contributed by atoms with E-state index in [1.54, 1.807) is 43.3 Å². The highest BCUT2D eigenvalue weighted by molar-refractivity contribution is 6.21. The van der Waals surface area contributed by atoms with Gasteiger partial charge in [0.05, 0.1) is 17.5 Å². The zero-order valence-electron chi connectivity index (χ0n) is 14.9. The SMILES string of the molecule is CN(C)c1nc(N)nc(COC(=O)CCN2C(=O)c3ccccc3C2=O)n1. The van der Waals surface area contributed by atoms with Crippen LogP contribution in [0.25, 0.3) is 0 Å². The van der Waals surface area contributed by atoms with Gasteiger partial charge >= 0.3 is 5.97 Å². The van der Waals surface area contributed by atoms with Crippen LogP contribution >= 0.6 is 0 Å². The predicted molar refractivity (Wildman–Crippen MR) is 94.8 cm³/mol. The topological polar surface area (TPSA) is 132 Å². The number of rotatable bonds is 6. The minimum absolute atomic E-state index is 0.0192. The third-order valence-electron chi connectivity index (χ3n) is 3.87. The Morgan fingerprint density at radius 1 is 1.11 bits per heavy atom. The second-order valence-electron chi connectivity index (χ2n) is 6.02. The van der Waals surface area contributed by atoms with Crippen LogP contribution in [0.2, 0.25) is 0 Å². The van der Waals surface area contributed by atoms with E-state index in [2.05, 4.69) is 15.0 Å². The van der Waals surface area contributed by atoms with Crippen molar-refractivity contribution in [3.63, 3.8) is 0 Å². The van der Waals surface area contributed by atoms with Crippen LogP contribution in [0.15, 0.2) is 24.3 Å². The lowest BCUT2D eigenvalue weighted by molar-refractivity contribution is -0.145. The third kappa shape index (κ3) is 3.84. The maximum absolute atomic E-state index is 12.2. The predicted octanol–water partition coefficient (Wildman–Crippen LogP) is 0.249. The number of benzene rings is 1. The summed E-state index contributed by atoms with van der Waals surface area (Å²) in [5.41, 5.74) is 6.29. The molecule has 2 amide bonds. The molecule has 10 nitrogen and oxygen atoms in total. The van der Waals surface area contributed by atoms with Crippen LogP contribution in [0.1, 0.15) is 33.0 Å². The fourth-order valence-electron chi connectivity index (χ4n) is 2.55. The fourth-order valence-corrected chi connectivity index (χ4v) is 2.55. The molecule has 1 aromatic heterocycles. The molecule has 2 aromatic rings. The van der Waals surface area contributed by atoms with Crippen LogP contribution in [0.3, 0.4) is 0 Å². The number of esters is 1. The van der Waals surface area contributed by atoms with Crippen LogP contribution < -0.4 is 10.6 Å². The third-order valence-corrected chi connectivity index (χ3v) is 3.87. The second kappa shape index (κ2) is 7.36. The summed E-state index contributed by atoms with van der Waals surface area (Å²) in [4.78, 5) is 51.1. The highest BCUT2D eigenvalue weighted by Gasteiger charge is 2.35. The van der Waals surface area contributed by atoms with E-state index in [9.17, 15) is 14.4 Å². The Morgan fingerprint density at radius 3 is 2.33 bits per heavy atom.